The van der Waals surface area contributed by atoms with E-state index >= 15 is 0 Å². The maximum absolute atomic E-state index is 11.0. The van der Waals surface area contributed by atoms with Crippen LogP contribution in [-0.2, 0) is 9.53 Å². The lowest BCUT2D eigenvalue weighted by Crippen LogP contribution is -2.35. The van der Waals surface area contributed by atoms with E-state index < -0.39 is 0 Å². The van der Waals surface area contributed by atoms with Crippen LogP contribution in [0.5, 0.6) is 0 Å². The van der Waals surface area contributed by atoms with Crippen molar-refractivity contribution >= 4 is 5.97 Å². The monoisotopic (exact) mass is 155 g/mol. The van der Waals surface area contributed by atoms with Gasteiger partial charge in [0.15, 0.2) is 0 Å². The molecule has 3 heteroatoms. The molecule has 1 heterocycles. The predicted molar refractivity (Wildman–Crippen MR) is 39.8 cm³/mol. The van der Waals surface area contributed by atoms with Gasteiger partial charge in [0, 0.05) is 5.92 Å². The third kappa shape index (κ3) is 1.03. The van der Waals surface area contributed by atoms with Crippen molar-refractivity contribution in [3.05, 3.63) is 0 Å². The van der Waals surface area contributed by atoms with Crippen molar-refractivity contribution in [2.75, 3.05) is 0 Å². The van der Waals surface area contributed by atoms with Crippen LogP contribution in [0.2, 0.25) is 0 Å². The number of esters is 1. The van der Waals surface area contributed by atoms with Gasteiger partial charge in [0.05, 0.1) is 0 Å². The first kappa shape index (κ1) is 7.10. The van der Waals surface area contributed by atoms with Gasteiger partial charge in [0.2, 0.25) is 0 Å². The summed E-state index contributed by atoms with van der Waals surface area (Å²) in [7, 11) is 0. The van der Waals surface area contributed by atoms with E-state index in [1.165, 1.54) is 12.8 Å². The van der Waals surface area contributed by atoms with Gasteiger partial charge < -0.3 is 10.5 Å². The maximum Gasteiger partial charge on any atom is 0.323 e. The van der Waals surface area contributed by atoms with Gasteiger partial charge in [0.25, 0.3) is 0 Å². The summed E-state index contributed by atoms with van der Waals surface area (Å²) in [5, 5.41) is 0. The van der Waals surface area contributed by atoms with Crippen LogP contribution in [0.3, 0.4) is 0 Å². The van der Waals surface area contributed by atoms with Crippen molar-refractivity contribution in [2.24, 2.45) is 11.7 Å². The SMILES string of the molecule is N[C@H]1C(=O)O[C@H]2CCCC[C@H]21. The van der Waals surface area contributed by atoms with Gasteiger partial charge in [-0.2, -0.15) is 0 Å². The van der Waals surface area contributed by atoms with Gasteiger partial charge in [-0.25, -0.2) is 0 Å². The molecule has 0 radical (unpaired) electrons. The van der Waals surface area contributed by atoms with Crippen LogP contribution in [-0.4, -0.2) is 18.1 Å². The van der Waals surface area contributed by atoms with Gasteiger partial charge in [0.1, 0.15) is 12.1 Å². The fraction of sp³-hybridized carbons (Fsp3) is 0.875. The second-order valence-corrected chi connectivity index (χ2v) is 3.45. The molecule has 1 aliphatic heterocycles. The molecular weight excluding hydrogens is 142 g/mol. The van der Waals surface area contributed by atoms with Gasteiger partial charge in [-0.1, -0.05) is 6.42 Å². The van der Waals surface area contributed by atoms with E-state index in [1.807, 2.05) is 0 Å². The summed E-state index contributed by atoms with van der Waals surface area (Å²) < 4.78 is 5.11. The van der Waals surface area contributed by atoms with Crippen LogP contribution in [0.25, 0.3) is 0 Å². The summed E-state index contributed by atoms with van der Waals surface area (Å²) in [6.07, 6.45) is 4.61. The highest BCUT2D eigenvalue weighted by Gasteiger charge is 2.43. The van der Waals surface area contributed by atoms with E-state index in [2.05, 4.69) is 0 Å². The number of fused-ring (bicyclic) bond motifs is 1. The number of nitrogens with two attached hydrogens (primary N) is 1. The first-order chi connectivity index (χ1) is 5.29. The molecule has 2 rings (SSSR count). The summed E-state index contributed by atoms with van der Waals surface area (Å²) in [6, 6.07) is -0.333. The largest absolute Gasteiger partial charge is 0.461 e. The zero-order chi connectivity index (χ0) is 7.84. The Morgan fingerprint density at radius 3 is 2.82 bits per heavy atom. The Labute approximate surface area is 65.9 Å². The van der Waals surface area contributed by atoms with Crippen molar-refractivity contribution in [3.8, 4) is 0 Å². The highest BCUT2D eigenvalue weighted by Crippen LogP contribution is 2.33. The minimum atomic E-state index is -0.333. The highest BCUT2D eigenvalue weighted by atomic mass is 16.6. The second kappa shape index (κ2) is 2.48. The number of hydrogen-bond donors (Lipinski definition) is 1. The van der Waals surface area contributed by atoms with Crippen LogP contribution in [0.4, 0.5) is 0 Å². The summed E-state index contributed by atoms with van der Waals surface area (Å²) in [5.74, 6) is 0.123. The number of carbonyl (C=O) groups excluding carboxylic acids is 1. The lowest BCUT2D eigenvalue weighted by Gasteiger charge is -2.23. The fourth-order valence-electron chi connectivity index (χ4n) is 2.09. The highest BCUT2D eigenvalue weighted by molar-refractivity contribution is 5.78. The second-order valence-electron chi connectivity index (χ2n) is 3.45. The molecule has 1 saturated carbocycles. The fourth-order valence-corrected chi connectivity index (χ4v) is 2.09. The Hall–Kier alpha value is -0.570. The molecular formula is C8H13NO2. The van der Waals surface area contributed by atoms with Crippen molar-refractivity contribution in [3.63, 3.8) is 0 Å². The Kier molecular flexibility index (Phi) is 1.60. The first-order valence-corrected chi connectivity index (χ1v) is 4.25. The zero-order valence-corrected chi connectivity index (χ0v) is 6.45. The standard InChI is InChI=1S/C8H13NO2/c9-7-5-3-1-2-4-6(5)11-8(7)10/h5-7H,1-4,9H2/t5-,6+,7-/m1/s1. The van der Waals surface area contributed by atoms with E-state index in [0.717, 1.165) is 12.8 Å². The molecule has 2 fully saturated rings. The minimum absolute atomic E-state index is 0.145. The molecule has 0 unspecified atom stereocenters. The number of ether oxygens (including phenoxy) is 1. The first-order valence-electron chi connectivity index (χ1n) is 4.25. The van der Waals surface area contributed by atoms with E-state index in [0.29, 0.717) is 5.92 Å². The van der Waals surface area contributed by atoms with Crippen LogP contribution < -0.4 is 5.73 Å². The summed E-state index contributed by atoms with van der Waals surface area (Å²) in [5.41, 5.74) is 5.66. The van der Waals surface area contributed by atoms with Crippen LogP contribution in [0.15, 0.2) is 0 Å². The predicted octanol–water partition coefficient (Wildman–Crippen LogP) is 0.429. The molecule has 3 atom stereocenters. The third-order valence-electron chi connectivity index (χ3n) is 2.75. The Bertz CT molecular complexity index is 181. The van der Waals surface area contributed by atoms with Crippen LogP contribution >= 0.6 is 0 Å². The van der Waals surface area contributed by atoms with Crippen molar-refractivity contribution in [1.82, 2.24) is 0 Å². The minimum Gasteiger partial charge on any atom is -0.461 e. The molecule has 62 valence electrons. The lowest BCUT2D eigenvalue weighted by atomic mass is 9.84. The average Bonchev–Trinajstić information content (AvgIpc) is 2.30. The summed E-state index contributed by atoms with van der Waals surface area (Å²) in [6.45, 7) is 0. The van der Waals surface area contributed by atoms with E-state index in [9.17, 15) is 4.79 Å². The molecule has 2 aliphatic rings. The van der Waals surface area contributed by atoms with Gasteiger partial charge in [-0.3, -0.25) is 4.79 Å². The topological polar surface area (TPSA) is 52.3 Å². The summed E-state index contributed by atoms with van der Waals surface area (Å²) in [4.78, 5) is 11.0. The van der Waals surface area contributed by atoms with Crippen LogP contribution in [0.1, 0.15) is 25.7 Å². The zero-order valence-electron chi connectivity index (χ0n) is 6.45. The summed E-state index contributed by atoms with van der Waals surface area (Å²) >= 11 is 0. The van der Waals surface area contributed by atoms with Gasteiger partial charge in [-0.15, -0.1) is 0 Å². The maximum atomic E-state index is 11.0. The number of carbonyl (C=O) groups is 1. The van der Waals surface area contributed by atoms with Crippen molar-refractivity contribution in [2.45, 2.75) is 37.8 Å². The molecule has 0 aromatic rings. The molecule has 1 aliphatic carbocycles. The quantitative estimate of drug-likeness (QED) is 0.516. The van der Waals surface area contributed by atoms with Crippen molar-refractivity contribution in [1.29, 1.82) is 0 Å². The normalized spacial score (nSPS) is 43.4. The Morgan fingerprint density at radius 1 is 1.36 bits per heavy atom. The van der Waals surface area contributed by atoms with E-state index in [-0.39, 0.29) is 18.1 Å². The Morgan fingerprint density at radius 2 is 2.09 bits per heavy atom. The smallest absolute Gasteiger partial charge is 0.323 e. The molecule has 0 amide bonds. The van der Waals surface area contributed by atoms with E-state index in [1.54, 1.807) is 0 Å². The lowest BCUT2D eigenvalue weighted by molar-refractivity contribution is -0.142. The number of rotatable bonds is 0. The molecule has 11 heavy (non-hydrogen) atoms. The average molecular weight is 155 g/mol. The molecule has 1 saturated heterocycles. The third-order valence-corrected chi connectivity index (χ3v) is 2.75. The Balaban J connectivity index is 2.11. The van der Waals surface area contributed by atoms with Crippen molar-refractivity contribution < 1.29 is 9.53 Å². The van der Waals surface area contributed by atoms with Gasteiger partial charge in [-0.05, 0) is 19.3 Å². The number of hydrogen-bond acceptors (Lipinski definition) is 3. The molecule has 2 N–H and O–H groups in total. The van der Waals surface area contributed by atoms with Crippen LogP contribution in [0, 0.1) is 5.92 Å². The molecule has 0 spiro atoms. The molecule has 0 bridgehead atoms. The molecule has 0 aromatic carbocycles. The molecule has 0 aromatic heterocycles. The van der Waals surface area contributed by atoms with Gasteiger partial charge >= 0.3 is 5.97 Å². The van der Waals surface area contributed by atoms with E-state index in [4.69, 9.17) is 10.5 Å². The molecule has 3 nitrogen and oxygen atoms in total.